The van der Waals surface area contributed by atoms with Crippen molar-refractivity contribution < 1.29 is 31.6 Å². The minimum atomic E-state index is -4.08. The number of benzene rings is 2. The lowest BCUT2D eigenvalue weighted by Gasteiger charge is -2.24. The number of fused-ring (bicyclic) bond motifs is 1. The monoisotopic (exact) mass is 567 g/mol. The highest BCUT2D eigenvalue weighted by atomic mass is 35.5. The number of anilines is 1. The van der Waals surface area contributed by atoms with Gasteiger partial charge in [0.15, 0.2) is 5.78 Å². The molecular weight excluding hydrogens is 544 g/mol. The molecule has 0 saturated carbocycles. The molecule has 0 spiro atoms. The van der Waals surface area contributed by atoms with Gasteiger partial charge in [-0.3, -0.25) is 19.1 Å². The zero-order valence-corrected chi connectivity index (χ0v) is 21.7. The fourth-order valence-corrected chi connectivity index (χ4v) is 5.11. The number of aromatic nitrogens is 1. The van der Waals surface area contributed by atoms with Gasteiger partial charge in [0.1, 0.15) is 24.6 Å². The van der Waals surface area contributed by atoms with E-state index in [0.29, 0.717) is 10.9 Å². The number of likely N-dealkylation sites (tertiary alicyclic amines) is 1. The van der Waals surface area contributed by atoms with Crippen LogP contribution in [0.2, 0.25) is 5.02 Å². The van der Waals surface area contributed by atoms with Crippen LogP contribution in [0.4, 0.5) is 14.5 Å². The van der Waals surface area contributed by atoms with Crippen molar-refractivity contribution in [1.29, 1.82) is 0 Å². The Morgan fingerprint density at radius 3 is 2.63 bits per heavy atom. The van der Waals surface area contributed by atoms with Gasteiger partial charge in [-0.1, -0.05) is 29.8 Å². The van der Waals surface area contributed by atoms with Gasteiger partial charge in [-0.25, -0.2) is 13.9 Å². The first-order chi connectivity index (χ1) is 17.8. The molecule has 2 atom stereocenters. The van der Waals surface area contributed by atoms with Gasteiger partial charge in [0.05, 0.1) is 22.8 Å². The maximum atomic E-state index is 14.4. The third-order valence-corrected chi connectivity index (χ3v) is 7.00. The number of carbonyl (C=O) groups excluding carboxylic acids is 3. The zero-order chi connectivity index (χ0) is 27.8. The van der Waals surface area contributed by atoms with Crippen LogP contribution >= 0.6 is 11.6 Å². The summed E-state index contributed by atoms with van der Waals surface area (Å²) in [5, 5.41) is 7.93. The van der Waals surface area contributed by atoms with Crippen molar-refractivity contribution in [1.82, 2.24) is 14.8 Å². The molecule has 1 fully saturated rings. The van der Waals surface area contributed by atoms with Gasteiger partial charge in [0, 0.05) is 35.7 Å². The largest absolute Gasteiger partial charge is 0.350 e. The number of hydrogen-bond donors (Lipinski definition) is 3. The molecule has 4 rings (SSSR count). The van der Waals surface area contributed by atoms with Crippen LogP contribution in [0.3, 0.4) is 0 Å². The molecule has 10 nitrogen and oxygen atoms in total. The molecule has 38 heavy (non-hydrogen) atoms. The fourth-order valence-electron chi connectivity index (χ4n) is 4.46. The first-order valence-electron chi connectivity index (χ1n) is 11.4. The second-order valence-corrected chi connectivity index (χ2v) is 10.6. The number of halogens is 3. The van der Waals surface area contributed by atoms with E-state index >= 15 is 0 Å². The summed E-state index contributed by atoms with van der Waals surface area (Å²) in [5.41, 5.74) is 0.888. The molecule has 0 radical (unpaired) electrons. The summed E-state index contributed by atoms with van der Waals surface area (Å²) in [6.45, 7) is 0.459. The van der Waals surface area contributed by atoms with Crippen LogP contribution in [-0.4, -0.2) is 54.2 Å². The summed E-state index contributed by atoms with van der Waals surface area (Å²) in [6.07, 6.45) is -0.244. The number of nitrogens with zero attached hydrogens (tertiary/aromatic N) is 2. The summed E-state index contributed by atoms with van der Waals surface area (Å²) in [6, 6.07) is 7.54. The minimum Gasteiger partial charge on any atom is -0.350 e. The summed E-state index contributed by atoms with van der Waals surface area (Å²) >= 11 is 5.77. The predicted octanol–water partition coefficient (Wildman–Crippen LogP) is 2.51. The molecule has 1 aliphatic rings. The Morgan fingerprint density at radius 2 is 1.95 bits per heavy atom. The molecule has 3 aromatic rings. The van der Waals surface area contributed by atoms with Crippen molar-refractivity contribution in [2.45, 2.75) is 38.6 Å². The molecule has 2 amide bonds. The van der Waals surface area contributed by atoms with Crippen molar-refractivity contribution in [2.24, 2.45) is 5.14 Å². The van der Waals surface area contributed by atoms with E-state index in [1.807, 2.05) is 0 Å². The van der Waals surface area contributed by atoms with E-state index < -0.39 is 40.1 Å². The van der Waals surface area contributed by atoms with Gasteiger partial charge in [-0.2, -0.15) is 8.42 Å². The van der Waals surface area contributed by atoms with Crippen LogP contribution in [0, 0.1) is 5.82 Å². The highest BCUT2D eigenvalue weighted by Gasteiger charge is 2.39. The lowest BCUT2D eigenvalue weighted by atomic mass is 10.1. The van der Waals surface area contributed by atoms with Gasteiger partial charge in [0.25, 0.3) is 10.2 Å². The fraction of sp³-hybridized carbons (Fsp3) is 0.292. The molecular formula is C24H24ClF2N5O5S. The zero-order valence-electron chi connectivity index (χ0n) is 20.1. The Kier molecular flexibility index (Phi) is 7.72. The van der Waals surface area contributed by atoms with E-state index in [0.717, 1.165) is 4.90 Å². The van der Waals surface area contributed by atoms with Gasteiger partial charge in [-0.15, -0.1) is 0 Å². The quantitative estimate of drug-likeness (QED) is 0.358. The molecule has 1 saturated heterocycles. The molecule has 0 aliphatic carbocycles. The van der Waals surface area contributed by atoms with Crippen LogP contribution < -0.4 is 15.2 Å². The van der Waals surface area contributed by atoms with Crippen LogP contribution in [0.25, 0.3) is 10.9 Å². The molecule has 4 N–H and O–H groups in total. The summed E-state index contributed by atoms with van der Waals surface area (Å²) in [5.74, 6) is -2.23. The number of rotatable bonds is 8. The van der Waals surface area contributed by atoms with E-state index in [4.69, 9.17) is 16.7 Å². The second-order valence-electron chi connectivity index (χ2n) is 8.93. The van der Waals surface area contributed by atoms with Crippen LogP contribution in [0.1, 0.15) is 29.3 Å². The van der Waals surface area contributed by atoms with Gasteiger partial charge < -0.3 is 14.8 Å². The summed E-state index contributed by atoms with van der Waals surface area (Å²) in [7, 11) is -4.08. The number of nitrogens with one attached hydrogen (secondary N) is 2. The van der Waals surface area contributed by atoms with E-state index in [1.165, 1.54) is 54.1 Å². The molecule has 14 heteroatoms. The number of ketones is 1. The third kappa shape index (κ3) is 5.95. The first kappa shape index (κ1) is 27.5. The Bertz CT molecular complexity index is 1540. The van der Waals surface area contributed by atoms with E-state index in [-0.39, 0.29) is 53.7 Å². The highest BCUT2D eigenvalue weighted by Crippen LogP contribution is 2.27. The maximum Gasteiger partial charge on any atom is 0.296 e. The first-order valence-corrected chi connectivity index (χ1v) is 13.3. The number of nitrogens with two attached hydrogens (primary N) is 1. The molecule has 202 valence electrons. The predicted molar refractivity (Wildman–Crippen MR) is 137 cm³/mol. The number of hydrogen-bond acceptors (Lipinski definition) is 5. The van der Waals surface area contributed by atoms with Gasteiger partial charge in [-0.05, 0) is 25.1 Å². The van der Waals surface area contributed by atoms with Crippen LogP contribution in [0.15, 0.2) is 42.6 Å². The van der Waals surface area contributed by atoms with Crippen molar-refractivity contribution in [2.75, 3.05) is 11.3 Å². The smallest absolute Gasteiger partial charge is 0.296 e. The average molecular weight is 568 g/mol. The maximum absolute atomic E-state index is 14.4. The molecule has 2 heterocycles. The normalized spacial score (nSPS) is 17.6. The van der Waals surface area contributed by atoms with Crippen molar-refractivity contribution in [3.8, 4) is 0 Å². The van der Waals surface area contributed by atoms with Crippen molar-refractivity contribution in [3.05, 3.63) is 64.6 Å². The molecule has 0 unspecified atom stereocenters. The SMILES string of the molecule is CC(=O)c1cn(CC(=O)N2C[C@H](F)C[C@H]2C(=O)NCc2cccc(Cl)c2F)c2cc(NS(N)(=O)=O)ccc12. The molecule has 2 aromatic carbocycles. The topological polar surface area (TPSA) is 144 Å². The minimum absolute atomic E-state index is 0.107. The van der Waals surface area contributed by atoms with Crippen LogP contribution in [0.5, 0.6) is 0 Å². The second kappa shape index (κ2) is 10.7. The van der Waals surface area contributed by atoms with Crippen LogP contribution in [-0.2, 0) is 32.9 Å². The lowest BCUT2D eigenvalue weighted by Crippen LogP contribution is -2.46. The molecule has 1 aliphatic heterocycles. The van der Waals surface area contributed by atoms with Crippen molar-refractivity contribution >= 4 is 56.0 Å². The van der Waals surface area contributed by atoms with Gasteiger partial charge >= 0.3 is 0 Å². The van der Waals surface area contributed by atoms with Crippen molar-refractivity contribution in [3.63, 3.8) is 0 Å². The Hall–Kier alpha value is -3.55. The van der Waals surface area contributed by atoms with E-state index in [1.54, 1.807) is 0 Å². The standard InChI is InChI=1S/C24H24ClF2N5O5S/c1-13(33)18-11-31(20-8-16(5-6-17(18)20)30-38(28,36)37)12-22(34)32-10-15(26)7-21(32)24(35)29-9-14-3-2-4-19(25)23(14)27/h2-6,8,11,15,21,30H,7,9-10,12H2,1H3,(H,29,35)(H2,28,36,37)/t15-,21+/m1/s1. The van der Waals surface area contributed by atoms with E-state index in [9.17, 15) is 31.6 Å². The number of carbonyl (C=O) groups is 3. The lowest BCUT2D eigenvalue weighted by molar-refractivity contribution is -0.139. The van der Waals surface area contributed by atoms with Gasteiger partial charge in [0.2, 0.25) is 11.8 Å². The third-order valence-electron chi connectivity index (χ3n) is 6.18. The highest BCUT2D eigenvalue weighted by molar-refractivity contribution is 7.90. The average Bonchev–Trinajstić information content (AvgIpc) is 3.39. The molecule has 0 bridgehead atoms. The number of Topliss-reactive ketones (excluding diaryl/α,β-unsaturated/α-hetero) is 1. The Balaban J connectivity index is 1.56. The summed E-state index contributed by atoms with van der Waals surface area (Å²) < 4.78 is 55.0. The Morgan fingerprint density at radius 1 is 1.21 bits per heavy atom. The number of alkyl halides is 1. The van der Waals surface area contributed by atoms with E-state index in [2.05, 4.69) is 10.0 Å². The number of amides is 2. The Labute approximate surface area is 221 Å². The summed E-state index contributed by atoms with van der Waals surface area (Å²) in [4.78, 5) is 39.4. The molecule has 1 aromatic heterocycles.